The number of benzene rings is 1. The van der Waals surface area contributed by atoms with Crippen molar-refractivity contribution >= 4 is 12.9 Å². The molecule has 1 aliphatic heterocycles. The van der Waals surface area contributed by atoms with Gasteiger partial charge >= 0.3 is 7.12 Å². The van der Waals surface area contributed by atoms with Crippen molar-refractivity contribution in [2.45, 2.75) is 26.1 Å². The molecule has 0 spiro atoms. The lowest BCUT2D eigenvalue weighted by Gasteiger charge is -2.26. The first-order chi connectivity index (χ1) is 7.09. The predicted molar refractivity (Wildman–Crippen MR) is 58.2 cm³/mol. The topological polar surface area (TPSA) is 46.5 Å². The molecule has 0 amide bonds. The van der Waals surface area contributed by atoms with Crippen LogP contribution in [0.1, 0.15) is 29.8 Å². The Morgan fingerprint density at radius 3 is 3.00 bits per heavy atom. The summed E-state index contributed by atoms with van der Waals surface area (Å²) in [5, 5.41) is 9.60. The van der Waals surface area contributed by atoms with Crippen LogP contribution in [0.15, 0.2) is 18.2 Å². The van der Waals surface area contributed by atoms with Crippen molar-refractivity contribution in [3.63, 3.8) is 0 Å². The van der Waals surface area contributed by atoms with Gasteiger partial charge in [-0.2, -0.15) is 0 Å². The van der Waals surface area contributed by atoms with Gasteiger partial charge in [-0.15, -0.1) is 0 Å². The minimum atomic E-state index is -0.807. The van der Waals surface area contributed by atoms with Crippen LogP contribution >= 0.6 is 0 Å². The summed E-state index contributed by atoms with van der Waals surface area (Å²) in [6.07, 6.45) is 0.748. The van der Waals surface area contributed by atoms with Crippen LogP contribution in [-0.4, -0.2) is 17.9 Å². The van der Waals surface area contributed by atoms with Crippen molar-refractivity contribution in [2.24, 2.45) is 0 Å². The molecule has 2 rings (SSSR count). The highest BCUT2D eigenvalue weighted by atomic mass is 16.5. The average Bonchev–Trinajstić information content (AvgIpc) is 2.18. The van der Waals surface area contributed by atoms with Crippen molar-refractivity contribution < 1.29 is 14.5 Å². The summed E-state index contributed by atoms with van der Waals surface area (Å²) >= 11 is 0. The minimum absolute atomic E-state index is 0.0337. The summed E-state index contributed by atoms with van der Waals surface area (Å²) in [5.74, 6) is 0.587. The monoisotopic (exact) mass is 204 g/mol. The zero-order valence-electron chi connectivity index (χ0n) is 8.86. The van der Waals surface area contributed by atoms with E-state index in [0.29, 0.717) is 11.3 Å². The van der Waals surface area contributed by atoms with Gasteiger partial charge in [-0.05, 0) is 25.0 Å². The maximum Gasteiger partial charge on any atom is 0.525 e. The lowest BCUT2D eigenvalue weighted by molar-refractivity contribution is 0.101. The number of hydrogen-bond acceptors (Lipinski definition) is 3. The summed E-state index contributed by atoms with van der Waals surface area (Å²) in [5.41, 5.74) is 1.55. The van der Waals surface area contributed by atoms with E-state index in [9.17, 15) is 9.82 Å². The Kier molecular flexibility index (Phi) is 2.53. The third-order valence-electron chi connectivity index (χ3n) is 2.74. The van der Waals surface area contributed by atoms with Gasteiger partial charge in [0.05, 0.1) is 5.56 Å². The Labute approximate surface area is 89.2 Å². The molecule has 0 aromatic heterocycles. The Hall–Kier alpha value is -1.29. The van der Waals surface area contributed by atoms with E-state index >= 15 is 0 Å². The standard InChI is InChI=1S/C11H13BO3/c1-7-6-9-4-3-5-10(8(2)13)11(9)15-12(7)14/h3-5,7,14H,6H2,1-2H3/t7-/m0/s1. The van der Waals surface area contributed by atoms with Gasteiger partial charge in [0.1, 0.15) is 5.75 Å². The summed E-state index contributed by atoms with van der Waals surface area (Å²) in [6, 6.07) is 5.51. The molecule has 1 aromatic rings. The van der Waals surface area contributed by atoms with E-state index in [4.69, 9.17) is 4.65 Å². The van der Waals surface area contributed by atoms with Crippen molar-refractivity contribution in [2.75, 3.05) is 0 Å². The first kappa shape index (κ1) is 10.2. The van der Waals surface area contributed by atoms with Gasteiger partial charge in [-0.1, -0.05) is 19.1 Å². The molecule has 1 N–H and O–H groups in total. The van der Waals surface area contributed by atoms with Crippen LogP contribution in [0.4, 0.5) is 0 Å². The molecule has 78 valence electrons. The number of para-hydroxylation sites is 1. The Morgan fingerprint density at radius 1 is 1.60 bits per heavy atom. The predicted octanol–water partition coefficient (Wildman–Crippen LogP) is 1.69. The van der Waals surface area contributed by atoms with Crippen LogP contribution in [0.3, 0.4) is 0 Å². The molecule has 0 fully saturated rings. The number of hydrogen-bond donors (Lipinski definition) is 1. The summed E-state index contributed by atoms with van der Waals surface area (Å²) in [7, 11) is -0.807. The molecule has 1 atom stereocenters. The van der Waals surface area contributed by atoms with E-state index in [1.807, 2.05) is 19.1 Å². The number of fused-ring (bicyclic) bond motifs is 1. The highest BCUT2D eigenvalue weighted by molar-refractivity contribution is 6.46. The van der Waals surface area contributed by atoms with E-state index in [2.05, 4.69) is 0 Å². The third-order valence-corrected chi connectivity index (χ3v) is 2.74. The number of ketones is 1. The normalized spacial score (nSPS) is 19.4. The van der Waals surface area contributed by atoms with Crippen LogP contribution in [-0.2, 0) is 6.42 Å². The molecule has 0 saturated carbocycles. The molecule has 0 aliphatic carbocycles. The van der Waals surface area contributed by atoms with Crippen LogP contribution in [0.5, 0.6) is 5.75 Å². The van der Waals surface area contributed by atoms with Crippen LogP contribution in [0.2, 0.25) is 5.82 Å². The van der Waals surface area contributed by atoms with E-state index in [1.54, 1.807) is 6.07 Å². The van der Waals surface area contributed by atoms with E-state index in [0.717, 1.165) is 12.0 Å². The van der Waals surface area contributed by atoms with Gasteiger partial charge in [0.25, 0.3) is 0 Å². The Bertz CT molecular complexity index is 403. The Balaban J connectivity index is 2.48. The third kappa shape index (κ3) is 1.77. The van der Waals surface area contributed by atoms with Gasteiger partial charge in [0.2, 0.25) is 0 Å². The molecule has 1 heterocycles. The lowest BCUT2D eigenvalue weighted by atomic mass is 9.68. The van der Waals surface area contributed by atoms with Gasteiger partial charge in [0.15, 0.2) is 5.78 Å². The molecule has 0 unspecified atom stereocenters. The van der Waals surface area contributed by atoms with Gasteiger partial charge in [0, 0.05) is 5.82 Å². The fourth-order valence-electron chi connectivity index (χ4n) is 1.85. The SMILES string of the molecule is CC(=O)c1cccc2c1OB(O)[C@@H](C)C2. The first-order valence-electron chi connectivity index (χ1n) is 5.07. The smallest absolute Gasteiger partial charge is 0.525 e. The zero-order chi connectivity index (χ0) is 11.0. The minimum Gasteiger partial charge on any atom is -0.535 e. The average molecular weight is 204 g/mol. The number of rotatable bonds is 1. The van der Waals surface area contributed by atoms with Crippen molar-refractivity contribution in [3.05, 3.63) is 29.3 Å². The second kappa shape index (κ2) is 3.70. The first-order valence-corrected chi connectivity index (χ1v) is 5.07. The second-order valence-electron chi connectivity index (χ2n) is 4.04. The molecular formula is C11H13BO3. The molecular weight excluding hydrogens is 191 g/mol. The molecule has 0 radical (unpaired) electrons. The summed E-state index contributed by atoms with van der Waals surface area (Å²) in [6.45, 7) is 3.43. The van der Waals surface area contributed by atoms with Gasteiger partial charge in [-0.25, -0.2) is 0 Å². The quantitative estimate of drug-likeness (QED) is 0.559. The van der Waals surface area contributed by atoms with E-state index in [1.165, 1.54) is 6.92 Å². The van der Waals surface area contributed by atoms with Crippen molar-refractivity contribution in [1.29, 1.82) is 0 Å². The lowest BCUT2D eigenvalue weighted by Crippen LogP contribution is -2.33. The van der Waals surface area contributed by atoms with Crippen LogP contribution in [0.25, 0.3) is 0 Å². The molecule has 0 bridgehead atoms. The zero-order valence-corrected chi connectivity index (χ0v) is 8.86. The maximum absolute atomic E-state index is 11.3. The maximum atomic E-state index is 11.3. The van der Waals surface area contributed by atoms with Crippen LogP contribution in [0, 0.1) is 0 Å². The molecule has 4 heteroatoms. The number of Topliss-reactive ketones (excluding diaryl/α,β-unsaturated/α-hetero) is 1. The van der Waals surface area contributed by atoms with Crippen molar-refractivity contribution in [1.82, 2.24) is 0 Å². The summed E-state index contributed by atoms with van der Waals surface area (Å²) < 4.78 is 5.37. The molecule has 0 saturated heterocycles. The van der Waals surface area contributed by atoms with E-state index in [-0.39, 0.29) is 11.6 Å². The van der Waals surface area contributed by atoms with Gasteiger partial charge in [-0.3, -0.25) is 4.79 Å². The summed E-state index contributed by atoms with van der Waals surface area (Å²) in [4.78, 5) is 11.3. The highest BCUT2D eigenvalue weighted by Gasteiger charge is 2.32. The highest BCUT2D eigenvalue weighted by Crippen LogP contribution is 2.34. The van der Waals surface area contributed by atoms with E-state index < -0.39 is 7.12 Å². The second-order valence-corrected chi connectivity index (χ2v) is 4.04. The van der Waals surface area contributed by atoms with Crippen molar-refractivity contribution in [3.8, 4) is 5.75 Å². The van der Waals surface area contributed by atoms with Gasteiger partial charge < -0.3 is 9.68 Å². The Morgan fingerprint density at radius 2 is 2.33 bits per heavy atom. The molecule has 15 heavy (non-hydrogen) atoms. The van der Waals surface area contributed by atoms with Crippen LogP contribution < -0.4 is 4.65 Å². The molecule has 1 aliphatic rings. The number of carbonyl (C=O) groups is 1. The fraction of sp³-hybridized carbons (Fsp3) is 0.364. The molecule has 1 aromatic carbocycles. The largest absolute Gasteiger partial charge is 0.535 e. The molecule has 3 nitrogen and oxygen atoms in total. The fourth-order valence-corrected chi connectivity index (χ4v) is 1.85. The number of carbonyl (C=O) groups excluding carboxylic acids is 1.